The highest BCUT2D eigenvalue weighted by molar-refractivity contribution is 6.35. The van der Waals surface area contributed by atoms with Crippen LogP contribution in [0.2, 0.25) is 5.02 Å². The standard InChI is InChI=1S/C14H12ClN5/c15-9-2-1-3-10-12(9)20(8-4-5-8)14(19-10)11-13(16)18-7-6-17-11/h1-3,6-8H,4-5H2,(H2,16,18). The largest absolute Gasteiger partial charge is 0.382 e. The van der Waals surface area contributed by atoms with Crippen molar-refractivity contribution < 1.29 is 0 Å². The molecular formula is C14H12ClN5. The zero-order valence-corrected chi connectivity index (χ0v) is 11.4. The van der Waals surface area contributed by atoms with Crippen LogP contribution in [0.25, 0.3) is 22.6 Å². The van der Waals surface area contributed by atoms with Crippen molar-refractivity contribution in [3.05, 3.63) is 35.6 Å². The van der Waals surface area contributed by atoms with Gasteiger partial charge in [-0.1, -0.05) is 17.7 Å². The topological polar surface area (TPSA) is 69.6 Å². The molecule has 20 heavy (non-hydrogen) atoms. The zero-order chi connectivity index (χ0) is 13.7. The summed E-state index contributed by atoms with van der Waals surface area (Å²) in [7, 11) is 0. The van der Waals surface area contributed by atoms with E-state index < -0.39 is 0 Å². The molecule has 1 aliphatic rings. The maximum atomic E-state index is 6.35. The van der Waals surface area contributed by atoms with Crippen LogP contribution in [-0.2, 0) is 0 Å². The third-order valence-corrected chi connectivity index (χ3v) is 3.82. The van der Waals surface area contributed by atoms with E-state index in [1.807, 2.05) is 18.2 Å². The summed E-state index contributed by atoms with van der Waals surface area (Å²) in [5.74, 6) is 1.14. The lowest BCUT2D eigenvalue weighted by Gasteiger charge is -2.08. The fraction of sp³-hybridized carbons (Fsp3) is 0.214. The van der Waals surface area contributed by atoms with Crippen molar-refractivity contribution >= 4 is 28.5 Å². The van der Waals surface area contributed by atoms with E-state index in [2.05, 4.69) is 19.5 Å². The molecule has 0 spiro atoms. The van der Waals surface area contributed by atoms with Gasteiger partial charge in [-0.15, -0.1) is 0 Å². The van der Waals surface area contributed by atoms with Gasteiger partial charge in [-0.2, -0.15) is 0 Å². The number of nitrogens with zero attached hydrogens (tertiary/aromatic N) is 4. The molecule has 2 N–H and O–H groups in total. The van der Waals surface area contributed by atoms with Crippen molar-refractivity contribution in [1.29, 1.82) is 0 Å². The molecule has 0 atom stereocenters. The molecule has 2 aromatic heterocycles. The summed E-state index contributed by atoms with van der Waals surface area (Å²) in [4.78, 5) is 13.1. The van der Waals surface area contributed by atoms with Gasteiger partial charge in [0.1, 0.15) is 5.69 Å². The Bertz CT molecular complexity index is 806. The van der Waals surface area contributed by atoms with Gasteiger partial charge in [0.15, 0.2) is 11.6 Å². The normalized spacial score (nSPS) is 14.8. The first-order valence-electron chi connectivity index (χ1n) is 6.49. The number of aromatic nitrogens is 4. The summed E-state index contributed by atoms with van der Waals surface area (Å²) in [5.41, 5.74) is 8.38. The monoisotopic (exact) mass is 285 g/mol. The van der Waals surface area contributed by atoms with Crippen LogP contribution in [0.15, 0.2) is 30.6 Å². The number of nitrogen functional groups attached to an aromatic ring is 1. The third-order valence-electron chi connectivity index (χ3n) is 3.51. The molecule has 0 radical (unpaired) electrons. The Labute approximate surface area is 120 Å². The SMILES string of the molecule is Nc1nccnc1-c1nc2cccc(Cl)c2n1C1CC1. The van der Waals surface area contributed by atoms with E-state index in [1.54, 1.807) is 12.4 Å². The Hall–Kier alpha value is -2.14. The molecule has 1 aromatic carbocycles. The minimum atomic E-state index is 0.390. The van der Waals surface area contributed by atoms with Crippen LogP contribution in [0.4, 0.5) is 5.82 Å². The maximum absolute atomic E-state index is 6.35. The van der Waals surface area contributed by atoms with Crippen molar-refractivity contribution in [3.8, 4) is 11.5 Å². The van der Waals surface area contributed by atoms with Gasteiger partial charge in [0.25, 0.3) is 0 Å². The summed E-state index contributed by atoms with van der Waals surface area (Å²) < 4.78 is 2.15. The van der Waals surface area contributed by atoms with Crippen LogP contribution in [0.3, 0.4) is 0 Å². The van der Waals surface area contributed by atoms with Crippen molar-refractivity contribution in [2.24, 2.45) is 0 Å². The minimum Gasteiger partial charge on any atom is -0.382 e. The van der Waals surface area contributed by atoms with Crippen LogP contribution in [0.5, 0.6) is 0 Å². The number of benzene rings is 1. The second-order valence-corrected chi connectivity index (χ2v) is 5.34. The molecule has 1 saturated carbocycles. The molecule has 4 rings (SSSR count). The molecule has 5 nitrogen and oxygen atoms in total. The van der Waals surface area contributed by atoms with Crippen LogP contribution < -0.4 is 5.73 Å². The third kappa shape index (κ3) is 1.67. The zero-order valence-electron chi connectivity index (χ0n) is 10.6. The van der Waals surface area contributed by atoms with E-state index in [-0.39, 0.29) is 0 Å². The summed E-state index contributed by atoms with van der Waals surface area (Å²) in [6.07, 6.45) is 5.47. The number of fused-ring (bicyclic) bond motifs is 1. The van der Waals surface area contributed by atoms with E-state index in [1.165, 1.54) is 0 Å². The van der Waals surface area contributed by atoms with Crippen molar-refractivity contribution in [2.75, 3.05) is 5.73 Å². The second-order valence-electron chi connectivity index (χ2n) is 4.93. The van der Waals surface area contributed by atoms with Crippen LogP contribution in [0, 0.1) is 0 Å². The highest BCUT2D eigenvalue weighted by Gasteiger charge is 2.30. The van der Waals surface area contributed by atoms with E-state index in [0.29, 0.717) is 22.6 Å². The molecule has 0 unspecified atom stereocenters. The Balaban J connectivity index is 2.07. The van der Waals surface area contributed by atoms with Gasteiger partial charge in [-0.05, 0) is 25.0 Å². The van der Waals surface area contributed by atoms with E-state index in [0.717, 1.165) is 29.7 Å². The number of para-hydroxylation sites is 1. The number of halogens is 1. The number of hydrogen-bond donors (Lipinski definition) is 1. The lowest BCUT2D eigenvalue weighted by molar-refractivity contribution is 0.772. The highest BCUT2D eigenvalue weighted by atomic mass is 35.5. The lowest BCUT2D eigenvalue weighted by Crippen LogP contribution is -2.03. The van der Waals surface area contributed by atoms with Crippen molar-refractivity contribution in [3.63, 3.8) is 0 Å². The molecule has 0 amide bonds. The first-order valence-corrected chi connectivity index (χ1v) is 6.87. The highest BCUT2D eigenvalue weighted by Crippen LogP contribution is 2.43. The first kappa shape index (κ1) is 11.7. The average molecular weight is 286 g/mol. The minimum absolute atomic E-state index is 0.390. The summed E-state index contributed by atoms with van der Waals surface area (Å²) in [5, 5.41) is 0.704. The lowest BCUT2D eigenvalue weighted by atomic mass is 10.3. The molecule has 1 aliphatic carbocycles. The molecule has 3 aromatic rings. The van der Waals surface area contributed by atoms with Gasteiger partial charge in [0, 0.05) is 18.4 Å². The molecule has 6 heteroatoms. The van der Waals surface area contributed by atoms with Crippen molar-refractivity contribution in [1.82, 2.24) is 19.5 Å². The van der Waals surface area contributed by atoms with Crippen LogP contribution in [-0.4, -0.2) is 19.5 Å². The van der Waals surface area contributed by atoms with Crippen molar-refractivity contribution in [2.45, 2.75) is 18.9 Å². The Morgan fingerprint density at radius 1 is 1.20 bits per heavy atom. The average Bonchev–Trinajstić information content (AvgIpc) is 3.20. The van der Waals surface area contributed by atoms with Gasteiger partial charge >= 0.3 is 0 Å². The maximum Gasteiger partial charge on any atom is 0.163 e. The van der Waals surface area contributed by atoms with E-state index >= 15 is 0 Å². The fourth-order valence-corrected chi connectivity index (χ4v) is 2.74. The predicted molar refractivity (Wildman–Crippen MR) is 78.5 cm³/mol. The molecule has 100 valence electrons. The Morgan fingerprint density at radius 3 is 2.75 bits per heavy atom. The number of imidazole rings is 1. The molecule has 0 bridgehead atoms. The second kappa shape index (κ2) is 4.18. The number of anilines is 1. The molecule has 1 fully saturated rings. The van der Waals surface area contributed by atoms with Crippen LogP contribution in [0.1, 0.15) is 18.9 Å². The summed E-state index contributed by atoms with van der Waals surface area (Å²) >= 11 is 6.35. The van der Waals surface area contributed by atoms with Gasteiger partial charge in [-0.3, -0.25) is 0 Å². The van der Waals surface area contributed by atoms with Gasteiger partial charge in [0.05, 0.1) is 16.1 Å². The van der Waals surface area contributed by atoms with Gasteiger partial charge < -0.3 is 10.3 Å². The Kier molecular flexibility index (Phi) is 2.44. The number of nitrogens with two attached hydrogens (primary N) is 1. The van der Waals surface area contributed by atoms with Crippen LogP contribution >= 0.6 is 11.6 Å². The summed E-state index contributed by atoms with van der Waals surface area (Å²) in [6.45, 7) is 0. The molecule has 2 heterocycles. The number of hydrogen-bond acceptors (Lipinski definition) is 4. The van der Waals surface area contributed by atoms with E-state index in [9.17, 15) is 0 Å². The molecule has 0 saturated heterocycles. The quantitative estimate of drug-likeness (QED) is 0.785. The Morgan fingerprint density at radius 2 is 2.00 bits per heavy atom. The first-order chi connectivity index (χ1) is 9.75. The predicted octanol–water partition coefficient (Wildman–Crippen LogP) is 3.06. The molecular weight excluding hydrogens is 274 g/mol. The fourth-order valence-electron chi connectivity index (χ4n) is 2.48. The molecule has 0 aliphatic heterocycles. The smallest absolute Gasteiger partial charge is 0.163 e. The number of rotatable bonds is 2. The summed E-state index contributed by atoms with van der Waals surface area (Å²) in [6, 6.07) is 6.17. The van der Waals surface area contributed by atoms with E-state index in [4.69, 9.17) is 17.3 Å². The van der Waals surface area contributed by atoms with Gasteiger partial charge in [0.2, 0.25) is 0 Å². The van der Waals surface area contributed by atoms with Gasteiger partial charge in [-0.25, -0.2) is 15.0 Å².